The van der Waals surface area contributed by atoms with Crippen LogP contribution in [0.3, 0.4) is 0 Å². The number of carbonyl (C=O) groups excluding carboxylic acids is 1. The van der Waals surface area contributed by atoms with Gasteiger partial charge >= 0.3 is 6.03 Å². The summed E-state index contributed by atoms with van der Waals surface area (Å²) in [5.41, 5.74) is 1.81. The van der Waals surface area contributed by atoms with Crippen LogP contribution in [-0.4, -0.2) is 54.0 Å². The molecule has 6 nitrogen and oxygen atoms in total. The predicted octanol–water partition coefficient (Wildman–Crippen LogP) is 2.52. The number of anilines is 1. The van der Waals surface area contributed by atoms with Crippen LogP contribution in [0.15, 0.2) is 30.5 Å². The normalized spacial score (nSPS) is 10.9. The molecule has 126 valence electrons. The minimum atomic E-state index is -0.185. The lowest BCUT2D eigenvalue weighted by Crippen LogP contribution is -2.37. The van der Waals surface area contributed by atoms with Gasteiger partial charge in [0.15, 0.2) is 0 Å². The predicted molar refractivity (Wildman–Crippen MR) is 91.8 cm³/mol. The first-order chi connectivity index (χ1) is 11.2. The number of urea groups is 1. The number of aromatic nitrogens is 1. The SMILES string of the molecule is CCCN(CCO)C(=O)Nc1ccc2ccn(CCOC)c2c1. The average molecular weight is 319 g/mol. The molecule has 2 aromatic rings. The zero-order chi connectivity index (χ0) is 16.7. The number of ether oxygens (including phenoxy) is 1. The molecule has 2 N–H and O–H groups in total. The Balaban J connectivity index is 2.14. The molecule has 1 aromatic carbocycles. The van der Waals surface area contributed by atoms with E-state index in [1.807, 2.05) is 37.4 Å². The molecule has 1 heterocycles. The molecule has 0 aliphatic heterocycles. The van der Waals surface area contributed by atoms with Gasteiger partial charge in [-0.1, -0.05) is 13.0 Å². The number of hydrogen-bond acceptors (Lipinski definition) is 3. The van der Waals surface area contributed by atoms with E-state index < -0.39 is 0 Å². The summed E-state index contributed by atoms with van der Waals surface area (Å²) >= 11 is 0. The van der Waals surface area contributed by atoms with Crippen molar-refractivity contribution in [3.05, 3.63) is 30.5 Å². The van der Waals surface area contributed by atoms with Gasteiger partial charge in [0, 0.05) is 38.6 Å². The first-order valence-electron chi connectivity index (χ1n) is 7.94. The quantitative estimate of drug-likeness (QED) is 0.786. The third-order valence-electron chi connectivity index (χ3n) is 3.71. The van der Waals surface area contributed by atoms with E-state index in [-0.39, 0.29) is 12.6 Å². The summed E-state index contributed by atoms with van der Waals surface area (Å²) in [6, 6.07) is 7.71. The van der Waals surface area contributed by atoms with Crippen LogP contribution in [0.5, 0.6) is 0 Å². The highest BCUT2D eigenvalue weighted by atomic mass is 16.5. The maximum absolute atomic E-state index is 12.3. The topological polar surface area (TPSA) is 66.7 Å². The zero-order valence-corrected chi connectivity index (χ0v) is 13.8. The van der Waals surface area contributed by atoms with Gasteiger partial charge in [-0.3, -0.25) is 0 Å². The third-order valence-corrected chi connectivity index (χ3v) is 3.71. The van der Waals surface area contributed by atoms with Gasteiger partial charge in [-0.25, -0.2) is 4.79 Å². The number of rotatable bonds is 8. The molecule has 6 heteroatoms. The molecule has 0 spiro atoms. The Kier molecular flexibility index (Phi) is 6.43. The van der Waals surface area contributed by atoms with Crippen LogP contribution in [0.1, 0.15) is 13.3 Å². The molecular weight excluding hydrogens is 294 g/mol. The maximum atomic E-state index is 12.3. The van der Waals surface area contributed by atoms with Crippen LogP contribution < -0.4 is 5.32 Å². The van der Waals surface area contributed by atoms with E-state index in [0.29, 0.717) is 19.7 Å². The van der Waals surface area contributed by atoms with Crippen molar-refractivity contribution in [2.24, 2.45) is 0 Å². The van der Waals surface area contributed by atoms with Crippen molar-refractivity contribution in [1.82, 2.24) is 9.47 Å². The van der Waals surface area contributed by atoms with Crippen LogP contribution in [-0.2, 0) is 11.3 Å². The number of aliphatic hydroxyl groups excluding tert-OH is 1. The molecule has 1 aromatic heterocycles. The van der Waals surface area contributed by atoms with E-state index >= 15 is 0 Å². The highest BCUT2D eigenvalue weighted by Gasteiger charge is 2.12. The van der Waals surface area contributed by atoms with Crippen LogP contribution in [0.4, 0.5) is 10.5 Å². The molecule has 0 aliphatic carbocycles. The summed E-state index contributed by atoms with van der Waals surface area (Å²) < 4.78 is 7.23. The largest absolute Gasteiger partial charge is 0.395 e. The lowest BCUT2D eigenvalue weighted by Gasteiger charge is -2.21. The smallest absolute Gasteiger partial charge is 0.321 e. The zero-order valence-electron chi connectivity index (χ0n) is 13.8. The first-order valence-corrected chi connectivity index (χ1v) is 7.94. The number of carbonyl (C=O) groups is 1. The number of nitrogens with zero attached hydrogens (tertiary/aromatic N) is 2. The van der Waals surface area contributed by atoms with Crippen molar-refractivity contribution >= 4 is 22.6 Å². The summed E-state index contributed by atoms with van der Waals surface area (Å²) in [6.07, 6.45) is 2.87. The van der Waals surface area contributed by atoms with Gasteiger partial charge in [0.25, 0.3) is 0 Å². The first kappa shape index (κ1) is 17.3. The highest BCUT2D eigenvalue weighted by molar-refractivity contribution is 5.92. The van der Waals surface area contributed by atoms with Gasteiger partial charge in [-0.2, -0.15) is 0 Å². The molecule has 0 unspecified atom stereocenters. The number of fused-ring (bicyclic) bond motifs is 1. The molecule has 23 heavy (non-hydrogen) atoms. The Morgan fingerprint density at radius 2 is 2.17 bits per heavy atom. The second-order valence-electron chi connectivity index (χ2n) is 5.42. The van der Waals surface area contributed by atoms with Gasteiger partial charge in [0.2, 0.25) is 0 Å². The molecule has 0 radical (unpaired) electrons. The number of amides is 2. The van der Waals surface area contributed by atoms with E-state index in [1.165, 1.54) is 0 Å². The lowest BCUT2D eigenvalue weighted by atomic mass is 10.2. The van der Waals surface area contributed by atoms with Crippen molar-refractivity contribution < 1.29 is 14.6 Å². The van der Waals surface area contributed by atoms with E-state index in [9.17, 15) is 4.79 Å². The number of nitrogens with one attached hydrogen (secondary N) is 1. The summed E-state index contributed by atoms with van der Waals surface area (Å²) in [5.74, 6) is 0. The Labute approximate surface area is 136 Å². The summed E-state index contributed by atoms with van der Waals surface area (Å²) in [6.45, 7) is 4.34. The van der Waals surface area contributed by atoms with Gasteiger partial charge in [0.05, 0.1) is 18.7 Å². The molecule has 0 atom stereocenters. The molecule has 2 amide bonds. The van der Waals surface area contributed by atoms with Crippen molar-refractivity contribution in [3.8, 4) is 0 Å². The Bertz CT molecular complexity index is 633. The van der Waals surface area contributed by atoms with E-state index in [1.54, 1.807) is 12.0 Å². The number of aliphatic hydroxyl groups is 1. The van der Waals surface area contributed by atoms with Gasteiger partial charge < -0.3 is 24.6 Å². The molecule has 0 fully saturated rings. The van der Waals surface area contributed by atoms with Crippen molar-refractivity contribution in [1.29, 1.82) is 0 Å². The second-order valence-corrected chi connectivity index (χ2v) is 5.42. The van der Waals surface area contributed by atoms with Crippen LogP contribution >= 0.6 is 0 Å². The third kappa shape index (κ3) is 4.46. The monoisotopic (exact) mass is 319 g/mol. The Morgan fingerprint density at radius 1 is 1.35 bits per heavy atom. The average Bonchev–Trinajstić information content (AvgIpc) is 2.95. The van der Waals surface area contributed by atoms with Crippen molar-refractivity contribution in [3.63, 3.8) is 0 Å². The lowest BCUT2D eigenvalue weighted by molar-refractivity contribution is 0.188. The molecule has 0 saturated heterocycles. The number of benzene rings is 1. The van der Waals surface area contributed by atoms with E-state index in [4.69, 9.17) is 9.84 Å². The fourth-order valence-corrected chi connectivity index (χ4v) is 2.55. The molecule has 0 bridgehead atoms. The minimum Gasteiger partial charge on any atom is -0.395 e. The minimum absolute atomic E-state index is 0.0354. The summed E-state index contributed by atoms with van der Waals surface area (Å²) in [4.78, 5) is 13.9. The molecular formula is C17H25N3O3. The maximum Gasteiger partial charge on any atom is 0.321 e. The Hall–Kier alpha value is -2.05. The van der Waals surface area contributed by atoms with Gasteiger partial charge in [-0.05, 0) is 30.0 Å². The van der Waals surface area contributed by atoms with Crippen molar-refractivity contribution in [2.45, 2.75) is 19.9 Å². The molecule has 2 rings (SSSR count). The summed E-state index contributed by atoms with van der Waals surface area (Å²) in [5, 5.41) is 13.1. The van der Waals surface area contributed by atoms with Gasteiger partial charge in [0.1, 0.15) is 0 Å². The number of hydrogen-bond donors (Lipinski definition) is 2. The van der Waals surface area contributed by atoms with E-state index in [2.05, 4.69) is 9.88 Å². The summed E-state index contributed by atoms with van der Waals surface area (Å²) in [7, 11) is 1.68. The second kappa shape index (κ2) is 8.55. The van der Waals surface area contributed by atoms with Crippen LogP contribution in [0.25, 0.3) is 10.9 Å². The van der Waals surface area contributed by atoms with Crippen LogP contribution in [0, 0.1) is 0 Å². The number of methoxy groups -OCH3 is 1. The van der Waals surface area contributed by atoms with E-state index in [0.717, 1.165) is 29.6 Å². The molecule has 0 saturated carbocycles. The van der Waals surface area contributed by atoms with Crippen LogP contribution in [0.2, 0.25) is 0 Å². The molecule has 0 aliphatic rings. The Morgan fingerprint density at radius 3 is 2.87 bits per heavy atom. The fourth-order valence-electron chi connectivity index (χ4n) is 2.55. The van der Waals surface area contributed by atoms with Gasteiger partial charge in [-0.15, -0.1) is 0 Å². The standard InChI is InChI=1S/C17H25N3O3/c1-3-7-20(9-11-21)17(22)18-15-5-4-14-6-8-19(10-12-23-2)16(14)13-15/h4-6,8,13,21H,3,7,9-12H2,1-2H3,(H,18,22). The van der Waals surface area contributed by atoms with Crippen molar-refractivity contribution in [2.75, 3.05) is 38.7 Å². The fraction of sp³-hybridized carbons (Fsp3) is 0.471. The highest BCUT2D eigenvalue weighted by Crippen LogP contribution is 2.21.